The summed E-state index contributed by atoms with van der Waals surface area (Å²) in [7, 11) is 0. The van der Waals surface area contributed by atoms with Crippen LogP contribution < -0.4 is 10.5 Å². The smallest absolute Gasteiger partial charge is 0.252 e. The Balaban J connectivity index is 2.57. The van der Waals surface area contributed by atoms with E-state index in [4.69, 9.17) is 10.5 Å². The van der Waals surface area contributed by atoms with Gasteiger partial charge in [0.05, 0.1) is 5.56 Å². The minimum atomic E-state index is -0.658. The third-order valence-corrected chi connectivity index (χ3v) is 2.22. The molecule has 1 aliphatic rings. The molecule has 0 aliphatic carbocycles. The van der Waals surface area contributed by atoms with Crippen molar-refractivity contribution in [3.8, 4) is 5.75 Å². The van der Waals surface area contributed by atoms with Gasteiger partial charge in [-0.15, -0.1) is 0 Å². The summed E-state index contributed by atoms with van der Waals surface area (Å²) < 4.78 is 18.4. The van der Waals surface area contributed by atoms with Crippen molar-refractivity contribution in [2.75, 3.05) is 0 Å². The standard InChI is InChI=1S/C10H10FNO2/c1-5-2-6-3-7(11)4-8(10(12)13)9(6)14-5/h3-5H,2H2,1H3,(H2,12,13)/t5-/m1/s1. The van der Waals surface area contributed by atoms with E-state index in [0.29, 0.717) is 17.7 Å². The highest BCUT2D eigenvalue weighted by molar-refractivity contribution is 5.96. The first-order valence-electron chi connectivity index (χ1n) is 4.37. The van der Waals surface area contributed by atoms with Crippen molar-refractivity contribution >= 4 is 5.91 Å². The molecule has 1 aromatic carbocycles. The SMILES string of the molecule is C[C@@H]1Cc2cc(F)cc(C(N)=O)c2O1. The fourth-order valence-corrected chi connectivity index (χ4v) is 1.68. The van der Waals surface area contributed by atoms with E-state index >= 15 is 0 Å². The Morgan fingerprint density at radius 1 is 1.64 bits per heavy atom. The molecule has 3 nitrogen and oxygen atoms in total. The molecule has 0 radical (unpaired) electrons. The number of halogens is 1. The number of benzene rings is 1. The number of hydrogen-bond acceptors (Lipinski definition) is 2. The largest absolute Gasteiger partial charge is 0.489 e. The van der Waals surface area contributed by atoms with Crippen molar-refractivity contribution < 1.29 is 13.9 Å². The van der Waals surface area contributed by atoms with Crippen LogP contribution in [0.3, 0.4) is 0 Å². The second-order valence-corrected chi connectivity index (χ2v) is 3.44. The number of nitrogens with two attached hydrogens (primary N) is 1. The normalized spacial score (nSPS) is 18.9. The Labute approximate surface area is 80.7 Å². The van der Waals surface area contributed by atoms with Gasteiger partial charge in [0.15, 0.2) is 0 Å². The lowest BCUT2D eigenvalue weighted by Gasteiger charge is -2.06. The Kier molecular flexibility index (Phi) is 1.91. The summed E-state index contributed by atoms with van der Waals surface area (Å²) in [5, 5.41) is 0. The van der Waals surface area contributed by atoms with Crippen LogP contribution in [-0.2, 0) is 6.42 Å². The highest BCUT2D eigenvalue weighted by Gasteiger charge is 2.25. The zero-order chi connectivity index (χ0) is 10.3. The van der Waals surface area contributed by atoms with Crippen molar-refractivity contribution in [1.82, 2.24) is 0 Å². The van der Waals surface area contributed by atoms with E-state index in [1.165, 1.54) is 6.07 Å². The van der Waals surface area contributed by atoms with E-state index in [9.17, 15) is 9.18 Å². The van der Waals surface area contributed by atoms with Gasteiger partial charge in [0, 0.05) is 12.0 Å². The highest BCUT2D eigenvalue weighted by Crippen LogP contribution is 2.33. The molecule has 74 valence electrons. The molecular weight excluding hydrogens is 185 g/mol. The maximum absolute atomic E-state index is 13.0. The van der Waals surface area contributed by atoms with E-state index in [1.807, 2.05) is 6.92 Å². The second kappa shape index (κ2) is 2.97. The zero-order valence-electron chi connectivity index (χ0n) is 7.71. The number of hydrogen-bond donors (Lipinski definition) is 1. The minimum Gasteiger partial charge on any atom is -0.489 e. The molecule has 0 fully saturated rings. The van der Waals surface area contributed by atoms with E-state index in [1.54, 1.807) is 0 Å². The summed E-state index contributed by atoms with van der Waals surface area (Å²) >= 11 is 0. The number of carbonyl (C=O) groups is 1. The Morgan fingerprint density at radius 2 is 2.36 bits per heavy atom. The summed E-state index contributed by atoms with van der Waals surface area (Å²) in [6.45, 7) is 1.86. The first-order chi connectivity index (χ1) is 6.58. The third kappa shape index (κ3) is 1.32. The van der Waals surface area contributed by atoms with E-state index in [2.05, 4.69) is 0 Å². The molecule has 1 amide bonds. The molecule has 4 heteroatoms. The van der Waals surface area contributed by atoms with Gasteiger partial charge in [-0.2, -0.15) is 0 Å². The number of ether oxygens (including phenoxy) is 1. The van der Waals surface area contributed by atoms with Gasteiger partial charge in [-0.1, -0.05) is 0 Å². The van der Waals surface area contributed by atoms with Crippen molar-refractivity contribution in [2.45, 2.75) is 19.4 Å². The zero-order valence-corrected chi connectivity index (χ0v) is 7.71. The Bertz CT molecular complexity index is 403. The van der Waals surface area contributed by atoms with Gasteiger partial charge in [0.2, 0.25) is 0 Å². The number of amides is 1. The average molecular weight is 195 g/mol. The maximum Gasteiger partial charge on any atom is 0.252 e. The van der Waals surface area contributed by atoms with Gasteiger partial charge in [-0.3, -0.25) is 4.79 Å². The molecular formula is C10H10FNO2. The average Bonchev–Trinajstić information content (AvgIpc) is 2.42. The summed E-state index contributed by atoms with van der Waals surface area (Å²) in [4.78, 5) is 11.0. The molecule has 1 heterocycles. The van der Waals surface area contributed by atoms with Crippen LogP contribution in [0.25, 0.3) is 0 Å². The van der Waals surface area contributed by atoms with Gasteiger partial charge in [-0.25, -0.2) is 4.39 Å². The molecule has 0 saturated heterocycles. The lowest BCUT2D eigenvalue weighted by Crippen LogP contribution is -2.13. The molecule has 0 aromatic heterocycles. The van der Waals surface area contributed by atoms with Gasteiger partial charge < -0.3 is 10.5 Å². The lowest BCUT2D eigenvalue weighted by atomic mass is 10.1. The number of fused-ring (bicyclic) bond motifs is 1. The van der Waals surface area contributed by atoms with Crippen molar-refractivity contribution in [3.05, 3.63) is 29.1 Å². The topological polar surface area (TPSA) is 52.3 Å². The van der Waals surface area contributed by atoms with Crippen LogP contribution in [-0.4, -0.2) is 12.0 Å². The molecule has 14 heavy (non-hydrogen) atoms. The summed E-state index contributed by atoms with van der Waals surface area (Å²) in [6, 6.07) is 2.49. The fourth-order valence-electron chi connectivity index (χ4n) is 1.68. The predicted molar refractivity (Wildman–Crippen MR) is 48.7 cm³/mol. The second-order valence-electron chi connectivity index (χ2n) is 3.44. The van der Waals surface area contributed by atoms with Crippen molar-refractivity contribution in [1.29, 1.82) is 0 Å². The predicted octanol–water partition coefficient (Wildman–Crippen LogP) is 1.25. The molecule has 0 spiro atoms. The van der Waals surface area contributed by atoms with E-state index in [-0.39, 0.29) is 11.7 Å². The van der Waals surface area contributed by atoms with E-state index in [0.717, 1.165) is 6.07 Å². The third-order valence-electron chi connectivity index (χ3n) is 2.22. The first-order valence-corrected chi connectivity index (χ1v) is 4.37. The number of rotatable bonds is 1. The van der Waals surface area contributed by atoms with Gasteiger partial charge in [0.1, 0.15) is 17.7 Å². The fraction of sp³-hybridized carbons (Fsp3) is 0.300. The van der Waals surface area contributed by atoms with Crippen LogP contribution in [0.4, 0.5) is 4.39 Å². The molecule has 0 bridgehead atoms. The van der Waals surface area contributed by atoms with Crippen LogP contribution in [0.2, 0.25) is 0 Å². The summed E-state index contributed by atoms with van der Waals surface area (Å²) in [6.07, 6.45) is 0.595. The Morgan fingerprint density at radius 3 is 3.00 bits per heavy atom. The van der Waals surface area contributed by atoms with E-state index < -0.39 is 11.7 Å². The summed E-state index contributed by atoms with van der Waals surface area (Å²) in [5.41, 5.74) is 5.96. The minimum absolute atomic E-state index is 0.0232. The number of carbonyl (C=O) groups excluding carboxylic acids is 1. The molecule has 0 saturated carbocycles. The lowest BCUT2D eigenvalue weighted by molar-refractivity contribution is 0.0995. The van der Waals surface area contributed by atoms with Crippen LogP contribution in [0.15, 0.2) is 12.1 Å². The first kappa shape index (κ1) is 8.99. The molecule has 0 unspecified atom stereocenters. The van der Waals surface area contributed by atoms with Crippen LogP contribution in [0.5, 0.6) is 5.75 Å². The molecule has 2 rings (SSSR count). The van der Waals surface area contributed by atoms with Crippen LogP contribution >= 0.6 is 0 Å². The highest BCUT2D eigenvalue weighted by atomic mass is 19.1. The van der Waals surface area contributed by atoms with Crippen LogP contribution in [0.1, 0.15) is 22.8 Å². The quantitative estimate of drug-likeness (QED) is 0.733. The van der Waals surface area contributed by atoms with Crippen LogP contribution in [0, 0.1) is 5.82 Å². The summed E-state index contributed by atoms with van der Waals surface area (Å²) in [5.74, 6) is -0.670. The molecule has 1 atom stereocenters. The van der Waals surface area contributed by atoms with Gasteiger partial charge in [-0.05, 0) is 19.1 Å². The molecule has 1 aromatic rings. The monoisotopic (exact) mass is 195 g/mol. The molecule has 2 N–H and O–H groups in total. The van der Waals surface area contributed by atoms with Crippen molar-refractivity contribution in [3.63, 3.8) is 0 Å². The maximum atomic E-state index is 13.0. The van der Waals surface area contributed by atoms with Crippen molar-refractivity contribution in [2.24, 2.45) is 5.73 Å². The Hall–Kier alpha value is -1.58. The molecule has 1 aliphatic heterocycles. The van der Waals surface area contributed by atoms with Gasteiger partial charge >= 0.3 is 0 Å². The number of primary amides is 1. The van der Waals surface area contributed by atoms with Gasteiger partial charge in [0.25, 0.3) is 5.91 Å².